The van der Waals surface area contributed by atoms with Gasteiger partial charge in [0.2, 0.25) is 5.88 Å². The SMILES string of the molecule is Nc1cccc(Oc2cccc(I)c2)n1. The van der Waals surface area contributed by atoms with Gasteiger partial charge in [-0.05, 0) is 46.9 Å². The number of rotatable bonds is 2. The zero-order valence-electron chi connectivity index (χ0n) is 7.85. The van der Waals surface area contributed by atoms with E-state index in [0.29, 0.717) is 11.7 Å². The molecule has 0 aliphatic carbocycles. The Labute approximate surface area is 101 Å². The molecular weight excluding hydrogens is 303 g/mol. The maximum Gasteiger partial charge on any atom is 0.221 e. The van der Waals surface area contributed by atoms with Crippen LogP contribution >= 0.6 is 22.6 Å². The van der Waals surface area contributed by atoms with E-state index in [1.54, 1.807) is 12.1 Å². The van der Waals surface area contributed by atoms with Crippen molar-refractivity contribution in [3.63, 3.8) is 0 Å². The molecule has 2 aromatic rings. The summed E-state index contributed by atoms with van der Waals surface area (Å²) < 4.78 is 6.66. The number of halogens is 1. The van der Waals surface area contributed by atoms with Gasteiger partial charge in [0.15, 0.2) is 0 Å². The van der Waals surface area contributed by atoms with Gasteiger partial charge >= 0.3 is 0 Å². The smallest absolute Gasteiger partial charge is 0.221 e. The number of benzene rings is 1. The Morgan fingerprint density at radius 1 is 1.13 bits per heavy atom. The molecule has 1 heterocycles. The lowest BCUT2D eigenvalue weighted by atomic mass is 10.3. The normalized spacial score (nSPS) is 9.93. The Morgan fingerprint density at radius 3 is 2.67 bits per heavy atom. The van der Waals surface area contributed by atoms with Crippen LogP contribution in [0.15, 0.2) is 42.5 Å². The van der Waals surface area contributed by atoms with Crippen molar-refractivity contribution in [1.82, 2.24) is 4.98 Å². The number of hydrogen-bond acceptors (Lipinski definition) is 3. The highest BCUT2D eigenvalue weighted by Crippen LogP contribution is 2.21. The monoisotopic (exact) mass is 312 g/mol. The summed E-state index contributed by atoms with van der Waals surface area (Å²) in [5, 5.41) is 0. The second kappa shape index (κ2) is 4.48. The number of ether oxygens (including phenoxy) is 1. The molecule has 4 heteroatoms. The quantitative estimate of drug-likeness (QED) is 0.867. The van der Waals surface area contributed by atoms with Crippen LogP contribution in [0.2, 0.25) is 0 Å². The van der Waals surface area contributed by atoms with E-state index in [1.807, 2.05) is 30.3 Å². The van der Waals surface area contributed by atoms with E-state index < -0.39 is 0 Å². The highest BCUT2D eigenvalue weighted by atomic mass is 127. The first-order valence-corrected chi connectivity index (χ1v) is 5.48. The Morgan fingerprint density at radius 2 is 1.93 bits per heavy atom. The summed E-state index contributed by atoms with van der Waals surface area (Å²) in [6.45, 7) is 0. The van der Waals surface area contributed by atoms with Crippen LogP contribution in [0.5, 0.6) is 11.6 Å². The molecule has 0 spiro atoms. The van der Waals surface area contributed by atoms with E-state index in [0.717, 1.165) is 9.32 Å². The topological polar surface area (TPSA) is 48.1 Å². The summed E-state index contributed by atoms with van der Waals surface area (Å²) in [5.41, 5.74) is 5.55. The van der Waals surface area contributed by atoms with Gasteiger partial charge < -0.3 is 10.5 Å². The molecular formula is C11H9IN2O. The van der Waals surface area contributed by atoms with Gasteiger partial charge in [0.1, 0.15) is 11.6 Å². The fourth-order valence-corrected chi connectivity index (χ4v) is 1.65. The number of pyridine rings is 1. The summed E-state index contributed by atoms with van der Waals surface area (Å²) >= 11 is 2.23. The molecule has 0 atom stereocenters. The third-order valence-corrected chi connectivity index (χ3v) is 2.43. The summed E-state index contributed by atoms with van der Waals surface area (Å²) in [6, 6.07) is 13.1. The highest BCUT2D eigenvalue weighted by molar-refractivity contribution is 14.1. The van der Waals surface area contributed by atoms with Crippen LogP contribution in [0, 0.1) is 3.57 Å². The Hall–Kier alpha value is -1.30. The van der Waals surface area contributed by atoms with Crippen molar-refractivity contribution in [2.45, 2.75) is 0 Å². The molecule has 0 saturated carbocycles. The molecule has 76 valence electrons. The summed E-state index contributed by atoms with van der Waals surface area (Å²) in [7, 11) is 0. The van der Waals surface area contributed by atoms with Crippen molar-refractivity contribution < 1.29 is 4.74 Å². The van der Waals surface area contributed by atoms with Crippen LogP contribution in [0.3, 0.4) is 0 Å². The van der Waals surface area contributed by atoms with E-state index >= 15 is 0 Å². The Balaban J connectivity index is 2.22. The first-order valence-electron chi connectivity index (χ1n) is 4.40. The molecule has 1 aromatic carbocycles. The molecule has 0 radical (unpaired) electrons. The number of nitrogens with zero attached hydrogens (tertiary/aromatic N) is 1. The van der Waals surface area contributed by atoms with Gasteiger partial charge in [-0.25, -0.2) is 0 Å². The van der Waals surface area contributed by atoms with Crippen LogP contribution in [-0.2, 0) is 0 Å². The molecule has 2 rings (SSSR count). The van der Waals surface area contributed by atoms with E-state index in [9.17, 15) is 0 Å². The standard InChI is InChI=1S/C11H9IN2O/c12-8-3-1-4-9(7-8)15-11-6-2-5-10(13)14-11/h1-7H,(H2,13,14). The lowest BCUT2D eigenvalue weighted by Crippen LogP contribution is -1.92. The fraction of sp³-hybridized carbons (Fsp3) is 0. The largest absolute Gasteiger partial charge is 0.439 e. The summed E-state index contributed by atoms with van der Waals surface area (Å²) in [4.78, 5) is 4.05. The molecule has 3 nitrogen and oxygen atoms in total. The zero-order valence-corrected chi connectivity index (χ0v) is 10.0. The van der Waals surface area contributed by atoms with Crippen LogP contribution in [0.1, 0.15) is 0 Å². The van der Waals surface area contributed by atoms with E-state index in [4.69, 9.17) is 10.5 Å². The van der Waals surface area contributed by atoms with Gasteiger partial charge in [-0.15, -0.1) is 0 Å². The molecule has 1 aromatic heterocycles. The molecule has 2 N–H and O–H groups in total. The molecule has 0 amide bonds. The van der Waals surface area contributed by atoms with Crippen molar-refractivity contribution in [3.05, 3.63) is 46.0 Å². The van der Waals surface area contributed by atoms with Crippen LogP contribution in [-0.4, -0.2) is 4.98 Å². The molecule has 0 fully saturated rings. The average Bonchev–Trinajstić information content (AvgIpc) is 2.17. The molecule has 0 saturated heterocycles. The van der Waals surface area contributed by atoms with Gasteiger partial charge in [0.05, 0.1) is 0 Å². The van der Waals surface area contributed by atoms with Gasteiger partial charge in [0, 0.05) is 9.64 Å². The van der Waals surface area contributed by atoms with E-state index in [-0.39, 0.29) is 0 Å². The Kier molecular flexibility index (Phi) is 3.05. The number of hydrogen-bond donors (Lipinski definition) is 1. The Bertz CT molecular complexity index is 430. The first-order chi connectivity index (χ1) is 7.24. The minimum absolute atomic E-state index is 0.457. The van der Waals surface area contributed by atoms with Gasteiger partial charge in [0.25, 0.3) is 0 Å². The molecule has 0 aliphatic rings. The number of anilines is 1. The molecule has 15 heavy (non-hydrogen) atoms. The maximum absolute atomic E-state index is 5.55. The zero-order chi connectivity index (χ0) is 10.7. The van der Waals surface area contributed by atoms with E-state index in [2.05, 4.69) is 27.6 Å². The van der Waals surface area contributed by atoms with Gasteiger partial charge in [-0.3, -0.25) is 0 Å². The lowest BCUT2D eigenvalue weighted by molar-refractivity contribution is 0.463. The minimum Gasteiger partial charge on any atom is -0.439 e. The third kappa shape index (κ3) is 2.82. The van der Waals surface area contributed by atoms with Gasteiger partial charge in [-0.1, -0.05) is 12.1 Å². The predicted octanol–water partition coefficient (Wildman–Crippen LogP) is 3.06. The summed E-state index contributed by atoms with van der Waals surface area (Å²) in [5.74, 6) is 1.73. The molecule has 0 unspecified atom stereocenters. The third-order valence-electron chi connectivity index (χ3n) is 1.76. The second-order valence-corrected chi connectivity index (χ2v) is 4.21. The molecule has 0 bridgehead atoms. The van der Waals surface area contributed by atoms with Crippen molar-refractivity contribution in [2.75, 3.05) is 5.73 Å². The molecule has 0 aliphatic heterocycles. The van der Waals surface area contributed by atoms with Crippen molar-refractivity contribution >= 4 is 28.4 Å². The number of aromatic nitrogens is 1. The summed E-state index contributed by atoms with van der Waals surface area (Å²) in [6.07, 6.45) is 0. The number of nitrogens with two attached hydrogens (primary N) is 1. The predicted molar refractivity (Wildman–Crippen MR) is 67.9 cm³/mol. The van der Waals surface area contributed by atoms with Crippen LogP contribution in [0.4, 0.5) is 5.82 Å². The lowest BCUT2D eigenvalue weighted by Gasteiger charge is -2.04. The minimum atomic E-state index is 0.457. The number of nitrogen functional groups attached to an aromatic ring is 1. The van der Waals surface area contributed by atoms with Crippen LogP contribution in [0.25, 0.3) is 0 Å². The fourth-order valence-electron chi connectivity index (χ4n) is 1.14. The highest BCUT2D eigenvalue weighted by Gasteiger charge is 1.98. The maximum atomic E-state index is 5.55. The van der Waals surface area contributed by atoms with Crippen molar-refractivity contribution in [3.8, 4) is 11.6 Å². The van der Waals surface area contributed by atoms with E-state index in [1.165, 1.54) is 0 Å². The first kappa shape index (κ1) is 10.2. The van der Waals surface area contributed by atoms with Gasteiger partial charge in [-0.2, -0.15) is 4.98 Å². The second-order valence-electron chi connectivity index (χ2n) is 2.96. The van der Waals surface area contributed by atoms with Crippen molar-refractivity contribution in [2.24, 2.45) is 0 Å². The van der Waals surface area contributed by atoms with Crippen LogP contribution < -0.4 is 10.5 Å². The van der Waals surface area contributed by atoms with Crippen molar-refractivity contribution in [1.29, 1.82) is 0 Å². The average molecular weight is 312 g/mol.